The summed E-state index contributed by atoms with van der Waals surface area (Å²) in [6.45, 7) is 6.46. The molecule has 0 fully saturated rings. The molecule has 0 aliphatic carbocycles. The van der Waals surface area contributed by atoms with Gasteiger partial charge in [0.2, 0.25) is 0 Å². The second-order valence-electron chi connectivity index (χ2n) is 20.2. The van der Waals surface area contributed by atoms with Crippen LogP contribution in [0.3, 0.4) is 0 Å². The maximum absolute atomic E-state index is 12.9. The highest BCUT2D eigenvalue weighted by atomic mass is 16.6. The number of rotatable bonds is 55. The zero-order valence-electron chi connectivity index (χ0n) is 47.9. The van der Waals surface area contributed by atoms with Crippen molar-refractivity contribution >= 4 is 17.9 Å². The van der Waals surface area contributed by atoms with Crippen LogP contribution in [0, 0.1) is 0 Å². The second kappa shape index (κ2) is 60.9. The average Bonchev–Trinajstić information content (AvgIpc) is 3.39. The minimum atomic E-state index is -0.820. The lowest BCUT2D eigenvalue weighted by Gasteiger charge is -2.18. The number of hydrogen-bond donors (Lipinski definition) is 0. The van der Waals surface area contributed by atoms with Gasteiger partial charge >= 0.3 is 17.9 Å². The predicted molar refractivity (Wildman–Crippen MR) is 316 cm³/mol. The van der Waals surface area contributed by atoms with Gasteiger partial charge in [-0.15, -0.1) is 0 Å². The summed E-state index contributed by atoms with van der Waals surface area (Å²) in [7, 11) is 0. The Morgan fingerprint density at radius 2 is 0.562 bits per heavy atom. The fraction of sp³-hybridized carbons (Fsp3) is 0.716. The summed E-state index contributed by atoms with van der Waals surface area (Å²) < 4.78 is 16.8. The van der Waals surface area contributed by atoms with E-state index in [1.165, 1.54) is 161 Å². The van der Waals surface area contributed by atoms with E-state index < -0.39 is 12.1 Å². The van der Waals surface area contributed by atoms with Gasteiger partial charge in [0.05, 0.1) is 0 Å². The van der Waals surface area contributed by atoms with Crippen LogP contribution in [0.5, 0.6) is 0 Å². The highest BCUT2D eigenvalue weighted by molar-refractivity contribution is 5.71. The zero-order chi connectivity index (χ0) is 52.9. The molecule has 1 atom stereocenters. The van der Waals surface area contributed by atoms with Gasteiger partial charge in [-0.2, -0.15) is 0 Å². The van der Waals surface area contributed by atoms with E-state index in [1.807, 2.05) is 6.08 Å². The molecule has 0 N–H and O–H groups in total. The molecule has 6 nitrogen and oxygen atoms in total. The summed E-state index contributed by atoms with van der Waals surface area (Å²) in [4.78, 5) is 38.2. The van der Waals surface area contributed by atoms with Crippen LogP contribution in [0.4, 0.5) is 0 Å². The quantitative estimate of drug-likeness (QED) is 0.0261. The van der Waals surface area contributed by atoms with E-state index in [0.717, 1.165) is 83.5 Å². The van der Waals surface area contributed by atoms with E-state index in [9.17, 15) is 14.4 Å². The van der Waals surface area contributed by atoms with E-state index in [0.29, 0.717) is 19.3 Å². The van der Waals surface area contributed by atoms with E-state index in [2.05, 4.69) is 112 Å². The molecule has 6 heteroatoms. The van der Waals surface area contributed by atoms with Crippen LogP contribution in [0.15, 0.2) is 97.2 Å². The molecule has 0 aliphatic rings. The Morgan fingerprint density at radius 3 is 0.918 bits per heavy atom. The molecule has 0 aromatic heterocycles. The van der Waals surface area contributed by atoms with Crippen molar-refractivity contribution in [2.75, 3.05) is 13.2 Å². The van der Waals surface area contributed by atoms with E-state index in [4.69, 9.17) is 14.2 Å². The number of carbonyl (C=O) groups excluding carboxylic acids is 3. The molecular weight excluding hydrogens is 901 g/mol. The maximum Gasteiger partial charge on any atom is 0.306 e. The fourth-order valence-corrected chi connectivity index (χ4v) is 8.50. The minimum absolute atomic E-state index is 0.107. The lowest BCUT2D eigenvalue weighted by Crippen LogP contribution is -2.30. The Balaban J connectivity index is 4.48. The molecule has 0 radical (unpaired) electrons. The molecule has 0 unspecified atom stereocenters. The minimum Gasteiger partial charge on any atom is -0.462 e. The van der Waals surface area contributed by atoms with Gasteiger partial charge in [0, 0.05) is 19.3 Å². The van der Waals surface area contributed by atoms with E-state index >= 15 is 0 Å². The standard InChI is InChI=1S/C67H114O6/c1-4-7-10-13-16-19-22-25-28-31-33-36-39-42-45-48-51-54-57-60-66(69)72-63-64(62-71-65(68)59-56-53-50-47-44-41-38-35-30-27-24-21-18-15-12-9-6-3)73-67(70)61-58-55-52-49-46-43-40-37-34-32-29-26-23-20-17-14-11-8-5-2/h8,11,16-17,19-20,25-26,28-29,34,37,43,46,52,55,64H,4-7,9-10,12-15,18,21-24,27,30-33,35-36,38-42,44-45,47-51,53-54,56-63H2,1-3H3/b11-8-,19-16-,20-17-,28-25-,29-26-,37-34-,46-43-,55-52-/t64-/m0/s1. The monoisotopic (exact) mass is 1010 g/mol. The number of unbranched alkanes of at least 4 members (excludes halogenated alkanes) is 28. The molecule has 0 saturated heterocycles. The van der Waals surface area contributed by atoms with Gasteiger partial charge in [-0.05, 0) is 89.9 Å². The van der Waals surface area contributed by atoms with Crippen molar-refractivity contribution in [3.8, 4) is 0 Å². The van der Waals surface area contributed by atoms with Gasteiger partial charge in [0.15, 0.2) is 6.10 Å². The molecule has 0 heterocycles. The van der Waals surface area contributed by atoms with Crippen LogP contribution in [-0.2, 0) is 28.6 Å². The Kier molecular flexibility index (Phi) is 57.8. The normalized spacial score (nSPS) is 12.8. The highest BCUT2D eigenvalue weighted by Gasteiger charge is 2.19. The largest absolute Gasteiger partial charge is 0.462 e. The fourth-order valence-electron chi connectivity index (χ4n) is 8.50. The van der Waals surface area contributed by atoms with Gasteiger partial charge in [-0.1, -0.05) is 279 Å². The SMILES string of the molecule is CC/C=C\C/C=C\C/C=C\C/C=C\C/C=C\C/C=C\CCC(=O)O[C@H](COC(=O)CCCCCCCCCCC/C=C\C/C=C\CCCCC)COC(=O)CCCCCCCCCCCCCCCCCCC. The molecule has 0 saturated carbocycles. The third-order valence-corrected chi connectivity index (χ3v) is 13.1. The average molecular weight is 1020 g/mol. The number of allylic oxidation sites excluding steroid dienone is 16. The molecule has 0 rings (SSSR count). The molecular formula is C67H114O6. The van der Waals surface area contributed by atoms with Crippen molar-refractivity contribution in [1.82, 2.24) is 0 Å². The molecule has 0 aliphatic heterocycles. The molecule has 0 aromatic rings. The first-order chi connectivity index (χ1) is 36.0. The Hall–Kier alpha value is -3.67. The van der Waals surface area contributed by atoms with Crippen molar-refractivity contribution in [2.24, 2.45) is 0 Å². The van der Waals surface area contributed by atoms with Crippen molar-refractivity contribution in [3.05, 3.63) is 97.2 Å². The third kappa shape index (κ3) is 59.1. The van der Waals surface area contributed by atoms with Gasteiger partial charge < -0.3 is 14.2 Å². The Labute approximate surface area is 451 Å². The van der Waals surface area contributed by atoms with Crippen molar-refractivity contribution in [2.45, 2.75) is 297 Å². The Morgan fingerprint density at radius 1 is 0.288 bits per heavy atom. The van der Waals surface area contributed by atoms with Crippen molar-refractivity contribution in [3.63, 3.8) is 0 Å². The smallest absolute Gasteiger partial charge is 0.306 e. The summed E-state index contributed by atoms with van der Waals surface area (Å²) in [6, 6.07) is 0. The summed E-state index contributed by atoms with van der Waals surface area (Å²) in [5.74, 6) is -0.987. The van der Waals surface area contributed by atoms with Crippen LogP contribution in [0.2, 0.25) is 0 Å². The summed E-state index contributed by atoms with van der Waals surface area (Å²) in [5.41, 5.74) is 0. The van der Waals surface area contributed by atoms with E-state index in [1.54, 1.807) is 0 Å². The number of hydrogen-bond acceptors (Lipinski definition) is 6. The molecule has 0 aromatic carbocycles. The van der Waals surface area contributed by atoms with Crippen molar-refractivity contribution in [1.29, 1.82) is 0 Å². The maximum atomic E-state index is 12.9. The second-order valence-corrected chi connectivity index (χ2v) is 20.2. The first kappa shape index (κ1) is 69.3. The van der Waals surface area contributed by atoms with Gasteiger partial charge in [-0.3, -0.25) is 14.4 Å². The first-order valence-corrected chi connectivity index (χ1v) is 30.7. The van der Waals surface area contributed by atoms with Gasteiger partial charge in [0.1, 0.15) is 13.2 Å². The van der Waals surface area contributed by atoms with Crippen LogP contribution >= 0.6 is 0 Å². The lowest BCUT2D eigenvalue weighted by atomic mass is 10.0. The van der Waals surface area contributed by atoms with Crippen molar-refractivity contribution < 1.29 is 28.6 Å². The topological polar surface area (TPSA) is 78.9 Å². The number of esters is 3. The molecule has 418 valence electrons. The molecule has 0 amide bonds. The van der Waals surface area contributed by atoms with Crippen LogP contribution in [0.25, 0.3) is 0 Å². The summed E-state index contributed by atoms with van der Waals surface area (Å²) in [6.07, 6.45) is 81.3. The molecule has 0 spiro atoms. The van der Waals surface area contributed by atoms with Crippen LogP contribution in [-0.4, -0.2) is 37.2 Å². The van der Waals surface area contributed by atoms with Gasteiger partial charge in [-0.25, -0.2) is 0 Å². The Bertz CT molecular complexity index is 1440. The first-order valence-electron chi connectivity index (χ1n) is 30.7. The lowest BCUT2D eigenvalue weighted by molar-refractivity contribution is -0.166. The van der Waals surface area contributed by atoms with Gasteiger partial charge in [0.25, 0.3) is 0 Å². The van der Waals surface area contributed by atoms with E-state index in [-0.39, 0.29) is 31.6 Å². The zero-order valence-corrected chi connectivity index (χ0v) is 47.9. The van der Waals surface area contributed by atoms with Crippen LogP contribution in [0.1, 0.15) is 290 Å². The molecule has 0 bridgehead atoms. The summed E-state index contributed by atoms with van der Waals surface area (Å²) >= 11 is 0. The third-order valence-electron chi connectivity index (χ3n) is 13.1. The summed E-state index contributed by atoms with van der Waals surface area (Å²) in [5, 5.41) is 0. The predicted octanol–water partition coefficient (Wildman–Crippen LogP) is 20.9. The number of carbonyl (C=O) groups is 3. The highest BCUT2D eigenvalue weighted by Crippen LogP contribution is 2.16. The molecule has 73 heavy (non-hydrogen) atoms. The number of ether oxygens (including phenoxy) is 3. The van der Waals surface area contributed by atoms with Crippen LogP contribution < -0.4 is 0 Å².